The Morgan fingerprint density at radius 1 is 0.583 bits per heavy atom. The summed E-state index contributed by atoms with van der Waals surface area (Å²) in [5.74, 6) is 0. The summed E-state index contributed by atoms with van der Waals surface area (Å²) >= 11 is 0. The van der Waals surface area contributed by atoms with E-state index in [1.807, 2.05) is 0 Å². The highest BCUT2D eigenvalue weighted by molar-refractivity contribution is 5.03. The zero-order valence-electron chi connectivity index (χ0n) is 26.0. The summed E-state index contributed by atoms with van der Waals surface area (Å²) in [4.78, 5) is 10.6. The smallest absolute Gasteiger partial charge is 0.0170 e. The molecule has 4 heteroatoms. The van der Waals surface area contributed by atoms with E-state index in [1.54, 1.807) is 0 Å². The van der Waals surface area contributed by atoms with Gasteiger partial charge in [0.1, 0.15) is 0 Å². The monoisotopic (exact) mass is 502 g/mol. The molecule has 4 nitrogen and oxygen atoms in total. The molecule has 2 saturated heterocycles. The van der Waals surface area contributed by atoms with Gasteiger partial charge in [0.2, 0.25) is 0 Å². The van der Waals surface area contributed by atoms with Crippen LogP contribution in [0.3, 0.4) is 0 Å². The van der Waals surface area contributed by atoms with Crippen molar-refractivity contribution in [2.75, 3.05) is 40.3 Å². The number of hydrogen-bond acceptors (Lipinski definition) is 4. The van der Waals surface area contributed by atoms with E-state index in [0.717, 1.165) is 13.1 Å². The molecule has 36 heavy (non-hydrogen) atoms. The van der Waals surface area contributed by atoms with Crippen molar-refractivity contribution in [3.63, 3.8) is 0 Å². The van der Waals surface area contributed by atoms with Crippen LogP contribution in [0.25, 0.3) is 0 Å². The molecule has 0 aromatic heterocycles. The van der Waals surface area contributed by atoms with Crippen LogP contribution in [-0.2, 0) is 0 Å². The summed E-state index contributed by atoms with van der Waals surface area (Å²) in [6, 6.07) is 1.28. The third-order valence-electron chi connectivity index (χ3n) is 9.97. The van der Waals surface area contributed by atoms with Crippen LogP contribution in [-0.4, -0.2) is 94.1 Å². The van der Waals surface area contributed by atoms with Crippen molar-refractivity contribution < 1.29 is 0 Å². The minimum absolute atomic E-state index is 0.234. The zero-order chi connectivity index (χ0) is 27.4. The highest BCUT2D eigenvalue weighted by atomic mass is 15.3. The maximum absolute atomic E-state index is 4.08. The fourth-order valence-corrected chi connectivity index (χ4v) is 7.31. The normalized spacial score (nSPS) is 24.9. The Morgan fingerprint density at radius 3 is 1.11 bits per heavy atom. The lowest BCUT2D eigenvalue weighted by atomic mass is 9.77. The summed E-state index contributed by atoms with van der Waals surface area (Å²) in [6.07, 6.45) is 14.4. The van der Waals surface area contributed by atoms with Crippen molar-refractivity contribution in [3.8, 4) is 0 Å². The SMILES string of the molecule is C=CCN(CCCCCCN(CC=C)C1CC(C)(C)N(C)C(C)(C)C1)C1CC(C)(C)N(C)C(C)(C)C1. The zero-order valence-corrected chi connectivity index (χ0v) is 26.0. The molecule has 0 saturated carbocycles. The van der Waals surface area contributed by atoms with Gasteiger partial charge in [-0.2, -0.15) is 0 Å². The van der Waals surface area contributed by atoms with Gasteiger partial charge in [0.25, 0.3) is 0 Å². The van der Waals surface area contributed by atoms with Crippen molar-refractivity contribution in [1.29, 1.82) is 0 Å². The third-order valence-corrected chi connectivity index (χ3v) is 9.97. The maximum Gasteiger partial charge on any atom is 0.0170 e. The summed E-state index contributed by atoms with van der Waals surface area (Å²) in [5.41, 5.74) is 0.935. The second kappa shape index (κ2) is 12.5. The van der Waals surface area contributed by atoms with Crippen molar-refractivity contribution >= 4 is 0 Å². The van der Waals surface area contributed by atoms with E-state index in [9.17, 15) is 0 Å². The average molecular weight is 503 g/mol. The van der Waals surface area contributed by atoms with Crippen LogP contribution in [0.5, 0.6) is 0 Å². The van der Waals surface area contributed by atoms with E-state index >= 15 is 0 Å². The number of nitrogens with zero attached hydrogens (tertiary/aromatic N) is 4. The van der Waals surface area contributed by atoms with Gasteiger partial charge in [-0.05, 0) is 121 Å². The molecule has 2 aliphatic rings. The first-order valence-corrected chi connectivity index (χ1v) is 14.8. The van der Waals surface area contributed by atoms with Gasteiger partial charge >= 0.3 is 0 Å². The quantitative estimate of drug-likeness (QED) is 0.202. The molecule has 210 valence electrons. The number of unbranched alkanes of at least 4 members (excludes halogenated alkanes) is 3. The minimum Gasteiger partial charge on any atom is -0.297 e. The standard InChI is InChI=1S/C32H62N4/c1-13-19-35(27-23-29(3,4)33(11)30(5,6)24-27)21-17-15-16-18-22-36(20-14-2)28-25-31(7,8)34(12)32(9,10)26-28/h13-14,27-28H,1-2,15-26H2,3-12H3. The van der Waals surface area contributed by atoms with E-state index in [4.69, 9.17) is 0 Å². The molecule has 0 aliphatic carbocycles. The topological polar surface area (TPSA) is 13.0 Å². The minimum atomic E-state index is 0.234. The Kier molecular flexibility index (Phi) is 10.9. The van der Waals surface area contributed by atoms with E-state index in [0.29, 0.717) is 12.1 Å². The molecular weight excluding hydrogens is 440 g/mol. The Balaban J connectivity index is 1.85. The molecule has 0 aromatic rings. The predicted molar refractivity (Wildman–Crippen MR) is 160 cm³/mol. The van der Waals surface area contributed by atoms with Gasteiger partial charge in [-0.25, -0.2) is 0 Å². The molecule has 0 bridgehead atoms. The Bertz CT molecular complexity index is 611. The van der Waals surface area contributed by atoms with E-state index < -0.39 is 0 Å². The fraction of sp³-hybridized carbons (Fsp3) is 0.875. The first-order valence-electron chi connectivity index (χ1n) is 14.8. The van der Waals surface area contributed by atoms with Gasteiger partial charge < -0.3 is 0 Å². The highest BCUT2D eigenvalue weighted by Gasteiger charge is 2.45. The lowest BCUT2D eigenvalue weighted by Gasteiger charge is -2.55. The molecule has 0 unspecified atom stereocenters. The van der Waals surface area contributed by atoms with Gasteiger partial charge in [-0.1, -0.05) is 25.0 Å². The van der Waals surface area contributed by atoms with Gasteiger partial charge in [0, 0.05) is 47.3 Å². The highest BCUT2D eigenvalue weighted by Crippen LogP contribution is 2.40. The second-order valence-corrected chi connectivity index (χ2v) is 14.5. The van der Waals surface area contributed by atoms with Crippen molar-refractivity contribution in [2.24, 2.45) is 0 Å². The molecule has 0 N–H and O–H groups in total. The van der Waals surface area contributed by atoms with Crippen LogP contribution < -0.4 is 0 Å². The molecule has 0 spiro atoms. The van der Waals surface area contributed by atoms with Crippen LogP contribution in [0.4, 0.5) is 0 Å². The summed E-state index contributed by atoms with van der Waals surface area (Å²) in [6.45, 7) is 31.9. The van der Waals surface area contributed by atoms with Crippen LogP contribution in [0.2, 0.25) is 0 Å². The van der Waals surface area contributed by atoms with Gasteiger partial charge in [-0.15, -0.1) is 13.2 Å². The molecule has 2 fully saturated rings. The van der Waals surface area contributed by atoms with Gasteiger partial charge in [0.05, 0.1) is 0 Å². The molecule has 0 radical (unpaired) electrons. The maximum atomic E-state index is 4.08. The van der Waals surface area contributed by atoms with E-state index in [-0.39, 0.29) is 22.2 Å². The number of rotatable bonds is 13. The predicted octanol–water partition coefficient (Wildman–Crippen LogP) is 6.83. The summed E-state index contributed by atoms with van der Waals surface area (Å²) in [5, 5.41) is 0. The van der Waals surface area contributed by atoms with E-state index in [1.165, 1.54) is 64.5 Å². The molecule has 2 rings (SSSR count). The van der Waals surface area contributed by atoms with Crippen molar-refractivity contribution in [3.05, 3.63) is 25.3 Å². The Hall–Kier alpha value is -0.680. The van der Waals surface area contributed by atoms with Crippen LogP contribution in [0.1, 0.15) is 107 Å². The number of likely N-dealkylation sites (tertiary alicyclic amines) is 2. The lowest BCUT2D eigenvalue weighted by molar-refractivity contribution is -0.0463. The lowest BCUT2D eigenvalue weighted by Crippen LogP contribution is -2.62. The summed E-state index contributed by atoms with van der Waals surface area (Å²) in [7, 11) is 4.61. The summed E-state index contributed by atoms with van der Waals surface area (Å²) < 4.78 is 0. The molecule has 2 aliphatic heterocycles. The van der Waals surface area contributed by atoms with E-state index in [2.05, 4.69) is 114 Å². The van der Waals surface area contributed by atoms with Crippen molar-refractivity contribution in [2.45, 2.75) is 141 Å². The average Bonchev–Trinajstić information content (AvgIpc) is 2.75. The fourth-order valence-electron chi connectivity index (χ4n) is 7.31. The van der Waals surface area contributed by atoms with Crippen molar-refractivity contribution in [1.82, 2.24) is 19.6 Å². The molecular formula is C32H62N4. The first-order chi connectivity index (χ1) is 16.6. The molecule has 0 aromatic carbocycles. The Labute approximate surface area is 226 Å². The number of hydrogen-bond donors (Lipinski definition) is 0. The third kappa shape index (κ3) is 7.91. The molecule has 2 heterocycles. The number of piperidine rings is 2. The van der Waals surface area contributed by atoms with Crippen LogP contribution >= 0.6 is 0 Å². The van der Waals surface area contributed by atoms with Gasteiger partial charge in [-0.3, -0.25) is 19.6 Å². The molecule has 0 amide bonds. The van der Waals surface area contributed by atoms with Gasteiger partial charge in [0.15, 0.2) is 0 Å². The Morgan fingerprint density at radius 2 is 0.861 bits per heavy atom. The van der Waals surface area contributed by atoms with Crippen LogP contribution in [0, 0.1) is 0 Å². The van der Waals surface area contributed by atoms with Crippen LogP contribution in [0.15, 0.2) is 25.3 Å². The second-order valence-electron chi connectivity index (χ2n) is 14.5. The first kappa shape index (κ1) is 31.5. The molecule has 0 atom stereocenters. The largest absolute Gasteiger partial charge is 0.297 e.